The van der Waals surface area contributed by atoms with Crippen molar-refractivity contribution in [2.75, 3.05) is 11.9 Å². The van der Waals surface area contributed by atoms with Gasteiger partial charge in [-0.25, -0.2) is 0 Å². The molecule has 2 rings (SSSR count). The first-order chi connectivity index (χ1) is 7.72. The van der Waals surface area contributed by atoms with Gasteiger partial charge in [-0.05, 0) is 56.3 Å². The van der Waals surface area contributed by atoms with E-state index < -0.39 is 0 Å². The molecule has 0 heterocycles. The third kappa shape index (κ3) is 2.22. The smallest absolute Gasteiger partial charge is 0.0374 e. The van der Waals surface area contributed by atoms with Crippen LogP contribution in [0.1, 0.15) is 30.4 Å². The van der Waals surface area contributed by atoms with E-state index >= 15 is 0 Å². The quantitative estimate of drug-likeness (QED) is 0.818. The zero-order chi connectivity index (χ0) is 11.5. The highest BCUT2D eigenvalue weighted by Gasteiger charge is 2.26. The molecule has 0 bridgehead atoms. The third-order valence-electron chi connectivity index (χ3n) is 3.91. The molecule has 1 aliphatic carbocycles. The van der Waals surface area contributed by atoms with Crippen molar-refractivity contribution in [3.63, 3.8) is 0 Å². The van der Waals surface area contributed by atoms with Gasteiger partial charge in [0.2, 0.25) is 0 Å². The molecule has 1 saturated carbocycles. The second-order valence-corrected chi connectivity index (χ2v) is 4.92. The van der Waals surface area contributed by atoms with Gasteiger partial charge in [0.15, 0.2) is 0 Å². The molecule has 88 valence electrons. The Labute approximate surface area is 98.2 Å². The Bertz CT molecular complexity index is 360. The fourth-order valence-corrected chi connectivity index (χ4v) is 2.62. The molecule has 0 amide bonds. The molecule has 0 spiro atoms. The molecule has 1 aliphatic rings. The summed E-state index contributed by atoms with van der Waals surface area (Å²) in [5, 5.41) is 3.67. The van der Waals surface area contributed by atoms with E-state index in [1.807, 2.05) is 0 Å². The number of hydrogen-bond acceptors (Lipinski definition) is 2. The van der Waals surface area contributed by atoms with Crippen LogP contribution in [0.15, 0.2) is 18.2 Å². The first kappa shape index (κ1) is 11.5. The topological polar surface area (TPSA) is 38.0 Å². The van der Waals surface area contributed by atoms with E-state index in [1.54, 1.807) is 0 Å². The average molecular weight is 218 g/mol. The minimum Gasteiger partial charge on any atom is -0.382 e. The van der Waals surface area contributed by atoms with Gasteiger partial charge in [0.25, 0.3) is 0 Å². The van der Waals surface area contributed by atoms with Crippen molar-refractivity contribution in [1.82, 2.24) is 0 Å². The highest BCUT2D eigenvalue weighted by Crippen LogP contribution is 2.29. The molecule has 3 N–H and O–H groups in total. The molecular formula is C14H22N2. The predicted octanol–water partition coefficient (Wildman–Crippen LogP) is 2.84. The normalized spacial score (nSPS) is 24.7. The largest absolute Gasteiger partial charge is 0.382 e. The Hall–Kier alpha value is -1.02. The number of aryl methyl sites for hydroxylation is 1. The lowest BCUT2D eigenvalue weighted by Crippen LogP contribution is -2.29. The van der Waals surface area contributed by atoms with E-state index in [0.29, 0.717) is 12.0 Å². The summed E-state index contributed by atoms with van der Waals surface area (Å²) < 4.78 is 0. The Balaban J connectivity index is 2.11. The van der Waals surface area contributed by atoms with Crippen molar-refractivity contribution >= 4 is 5.69 Å². The predicted molar refractivity (Wildman–Crippen MR) is 69.7 cm³/mol. The highest BCUT2D eigenvalue weighted by molar-refractivity contribution is 5.54. The summed E-state index contributed by atoms with van der Waals surface area (Å²) in [7, 11) is 0. The fraction of sp³-hybridized carbons (Fsp3) is 0.571. The van der Waals surface area contributed by atoms with Crippen molar-refractivity contribution < 1.29 is 0 Å². The zero-order valence-electron chi connectivity index (χ0n) is 10.3. The number of nitrogens with one attached hydrogen (secondary N) is 1. The van der Waals surface area contributed by atoms with Gasteiger partial charge in [-0.2, -0.15) is 0 Å². The van der Waals surface area contributed by atoms with Gasteiger partial charge in [0.05, 0.1) is 0 Å². The van der Waals surface area contributed by atoms with Gasteiger partial charge in [-0.1, -0.05) is 18.6 Å². The number of nitrogens with two attached hydrogens (primary N) is 1. The molecular weight excluding hydrogens is 196 g/mol. The van der Waals surface area contributed by atoms with Crippen LogP contribution >= 0.6 is 0 Å². The molecule has 0 aromatic heterocycles. The number of hydrogen-bond donors (Lipinski definition) is 2. The SMILES string of the molecule is Cc1cccc(NC2CCCC2CN)c1C. The Morgan fingerprint density at radius 1 is 1.31 bits per heavy atom. The third-order valence-corrected chi connectivity index (χ3v) is 3.91. The molecule has 0 radical (unpaired) electrons. The standard InChI is InChI=1S/C14H22N2/c1-10-5-3-7-13(11(10)2)16-14-8-4-6-12(14)9-15/h3,5,7,12,14,16H,4,6,8-9,15H2,1-2H3. The maximum atomic E-state index is 5.81. The summed E-state index contributed by atoms with van der Waals surface area (Å²) >= 11 is 0. The van der Waals surface area contributed by atoms with E-state index in [9.17, 15) is 0 Å². The van der Waals surface area contributed by atoms with E-state index in [0.717, 1.165) is 6.54 Å². The van der Waals surface area contributed by atoms with E-state index in [2.05, 4.69) is 37.4 Å². The van der Waals surface area contributed by atoms with Crippen LogP contribution in [0.4, 0.5) is 5.69 Å². The Morgan fingerprint density at radius 2 is 2.12 bits per heavy atom. The molecule has 1 aromatic carbocycles. The lowest BCUT2D eigenvalue weighted by molar-refractivity contribution is 0.516. The van der Waals surface area contributed by atoms with Gasteiger partial charge < -0.3 is 11.1 Å². The van der Waals surface area contributed by atoms with Crippen LogP contribution in [-0.2, 0) is 0 Å². The van der Waals surface area contributed by atoms with Gasteiger partial charge in [0.1, 0.15) is 0 Å². The molecule has 0 saturated heterocycles. The molecule has 2 nitrogen and oxygen atoms in total. The van der Waals surface area contributed by atoms with Gasteiger partial charge >= 0.3 is 0 Å². The molecule has 0 aliphatic heterocycles. The van der Waals surface area contributed by atoms with Crippen LogP contribution in [0.3, 0.4) is 0 Å². The van der Waals surface area contributed by atoms with Gasteiger partial charge in [0, 0.05) is 11.7 Å². The lowest BCUT2D eigenvalue weighted by atomic mass is 10.0. The van der Waals surface area contributed by atoms with Crippen molar-refractivity contribution in [3.05, 3.63) is 29.3 Å². The summed E-state index contributed by atoms with van der Waals surface area (Å²) in [6.45, 7) is 5.15. The monoisotopic (exact) mass is 218 g/mol. The van der Waals surface area contributed by atoms with E-state index in [4.69, 9.17) is 5.73 Å². The van der Waals surface area contributed by atoms with E-state index in [-0.39, 0.29) is 0 Å². The first-order valence-corrected chi connectivity index (χ1v) is 6.25. The van der Waals surface area contributed by atoms with Crippen LogP contribution < -0.4 is 11.1 Å². The maximum absolute atomic E-state index is 5.81. The molecule has 16 heavy (non-hydrogen) atoms. The van der Waals surface area contributed by atoms with Crippen molar-refractivity contribution in [3.8, 4) is 0 Å². The van der Waals surface area contributed by atoms with Crippen molar-refractivity contribution in [2.45, 2.75) is 39.2 Å². The molecule has 2 atom stereocenters. The summed E-state index contributed by atoms with van der Waals surface area (Å²) in [4.78, 5) is 0. The van der Waals surface area contributed by atoms with Crippen molar-refractivity contribution in [2.24, 2.45) is 11.7 Å². The van der Waals surface area contributed by atoms with Gasteiger partial charge in [-0.15, -0.1) is 0 Å². The summed E-state index contributed by atoms with van der Waals surface area (Å²) in [6, 6.07) is 7.03. The molecule has 2 unspecified atom stereocenters. The van der Waals surface area contributed by atoms with Crippen LogP contribution in [0.5, 0.6) is 0 Å². The lowest BCUT2D eigenvalue weighted by Gasteiger charge is -2.22. The number of anilines is 1. The van der Waals surface area contributed by atoms with E-state index in [1.165, 1.54) is 36.1 Å². The summed E-state index contributed by atoms with van der Waals surface area (Å²) in [6.07, 6.45) is 3.85. The number of benzene rings is 1. The average Bonchev–Trinajstić information content (AvgIpc) is 2.72. The summed E-state index contributed by atoms with van der Waals surface area (Å²) in [5.74, 6) is 0.653. The maximum Gasteiger partial charge on any atom is 0.0374 e. The summed E-state index contributed by atoms with van der Waals surface area (Å²) in [5.41, 5.74) is 9.81. The Morgan fingerprint density at radius 3 is 2.88 bits per heavy atom. The van der Waals surface area contributed by atoms with Crippen LogP contribution in [0, 0.1) is 19.8 Å². The highest BCUT2D eigenvalue weighted by atomic mass is 14.9. The number of rotatable bonds is 3. The van der Waals surface area contributed by atoms with Gasteiger partial charge in [-0.3, -0.25) is 0 Å². The second kappa shape index (κ2) is 4.88. The second-order valence-electron chi connectivity index (χ2n) is 4.92. The zero-order valence-corrected chi connectivity index (χ0v) is 10.3. The van der Waals surface area contributed by atoms with Crippen LogP contribution in [-0.4, -0.2) is 12.6 Å². The Kier molecular flexibility index (Phi) is 3.49. The van der Waals surface area contributed by atoms with Crippen molar-refractivity contribution in [1.29, 1.82) is 0 Å². The molecule has 2 heteroatoms. The molecule has 1 fully saturated rings. The van der Waals surface area contributed by atoms with Crippen LogP contribution in [0.2, 0.25) is 0 Å². The minimum atomic E-state index is 0.575. The first-order valence-electron chi connectivity index (χ1n) is 6.25. The fourth-order valence-electron chi connectivity index (χ4n) is 2.62. The molecule has 1 aromatic rings. The van der Waals surface area contributed by atoms with Crippen LogP contribution in [0.25, 0.3) is 0 Å². The minimum absolute atomic E-state index is 0.575.